The van der Waals surface area contributed by atoms with Crippen LogP contribution in [0.15, 0.2) is 40.9 Å². The second-order valence-corrected chi connectivity index (χ2v) is 5.86. The Morgan fingerprint density at radius 1 is 0.947 bits per heavy atom. The molecule has 0 bridgehead atoms. The largest absolute Gasteiger partial charge is 0.380 e. The molecule has 1 N–H and O–H groups in total. The maximum atomic E-state index is 6.19. The number of aryl methyl sites for hydroxylation is 1. The molecule has 2 rings (SSSR count). The summed E-state index contributed by atoms with van der Waals surface area (Å²) in [6.45, 7) is 2.87. The highest BCUT2D eigenvalue weighted by molar-refractivity contribution is 9.10. The highest BCUT2D eigenvalue weighted by Gasteiger charge is 2.07. The highest BCUT2D eigenvalue weighted by Crippen LogP contribution is 2.35. The molecule has 0 spiro atoms. The first-order valence-corrected chi connectivity index (χ1v) is 7.62. The maximum Gasteiger partial charge on any atom is 0.0835 e. The normalized spacial score (nSPS) is 10.5. The van der Waals surface area contributed by atoms with E-state index in [9.17, 15) is 0 Å². The second kappa shape index (κ2) is 6.65. The molecular weight excluding hydrogens is 345 g/mol. The second-order valence-electron chi connectivity index (χ2n) is 4.25. The smallest absolute Gasteiger partial charge is 0.0835 e. The number of rotatable bonds is 4. The van der Waals surface area contributed by atoms with Crippen molar-refractivity contribution in [1.29, 1.82) is 0 Å². The van der Waals surface area contributed by atoms with Gasteiger partial charge in [-0.15, -0.1) is 0 Å². The summed E-state index contributed by atoms with van der Waals surface area (Å²) in [6.07, 6.45) is 1.06. The lowest BCUT2D eigenvalue weighted by Gasteiger charge is -2.10. The molecule has 100 valence electrons. The van der Waals surface area contributed by atoms with E-state index >= 15 is 0 Å². The van der Waals surface area contributed by atoms with Crippen molar-refractivity contribution in [2.45, 2.75) is 19.9 Å². The summed E-state index contributed by atoms with van der Waals surface area (Å²) in [5, 5.41) is 4.38. The Hall–Kier alpha value is -0.700. The summed E-state index contributed by atoms with van der Waals surface area (Å²) in [7, 11) is 0. The van der Waals surface area contributed by atoms with E-state index in [1.807, 2.05) is 12.1 Å². The number of anilines is 1. The molecule has 0 atom stereocenters. The molecule has 19 heavy (non-hydrogen) atoms. The van der Waals surface area contributed by atoms with Gasteiger partial charge in [0.1, 0.15) is 0 Å². The predicted octanol–water partition coefficient (Wildman–Crippen LogP) is 5.93. The Balaban J connectivity index is 2.08. The molecule has 0 amide bonds. The molecule has 0 aliphatic rings. The number of benzene rings is 2. The topological polar surface area (TPSA) is 12.0 Å². The fourth-order valence-electron chi connectivity index (χ4n) is 1.75. The molecule has 2 aromatic carbocycles. The highest BCUT2D eigenvalue weighted by atomic mass is 79.9. The van der Waals surface area contributed by atoms with Crippen LogP contribution in [0.1, 0.15) is 18.1 Å². The SMILES string of the molecule is CCc1ccc(CNc2ccc(Br)c(Cl)c2Cl)cc1. The third-order valence-electron chi connectivity index (χ3n) is 2.95. The molecular formula is C15H14BrCl2N. The fraction of sp³-hybridized carbons (Fsp3) is 0.200. The monoisotopic (exact) mass is 357 g/mol. The average molecular weight is 359 g/mol. The van der Waals surface area contributed by atoms with Gasteiger partial charge in [-0.1, -0.05) is 54.4 Å². The molecule has 0 fully saturated rings. The Morgan fingerprint density at radius 2 is 1.58 bits per heavy atom. The molecule has 0 saturated carbocycles. The van der Waals surface area contributed by atoms with Gasteiger partial charge in [-0.05, 0) is 45.6 Å². The summed E-state index contributed by atoms with van der Waals surface area (Å²) in [6, 6.07) is 12.3. The van der Waals surface area contributed by atoms with E-state index in [1.165, 1.54) is 11.1 Å². The minimum atomic E-state index is 0.535. The van der Waals surface area contributed by atoms with Crippen LogP contribution in [0, 0.1) is 0 Å². The molecule has 0 unspecified atom stereocenters. The lowest BCUT2D eigenvalue weighted by atomic mass is 10.1. The van der Waals surface area contributed by atoms with Gasteiger partial charge >= 0.3 is 0 Å². The van der Waals surface area contributed by atoms with Gasteiger partial charge in [0.05, 0.1) is 15.7 Å². The lowest BCUT2D eigenvalue weighted by Crippen LogP contribution is -2.00. The van der Waals surface area contributed by atoms with E-state index in [-0.39, 0.29) is 0 Å². The number of halogens is 3. The third kappa shape index (κ3) is 3.65. The van der Waals surface area contributed by atoms with Gasteiger partial charge in [-0.25, -0.2) is 0 Å². The van der Waals surface area contributed by atoms with Crippen LogP contribution in [0.25, 0.3) is 0 Å². The van der Waals surface area contributed by atoms with Gasteiger partial charge in [0.25, 0.3) is 0 Å². The quantitative estimate of drug-likeness (QED) is 0.667. The van der Waals surface area contributed by atoms with Crippen LogP contribution in [0.3, 0.4) is 0 Å². The van der Waals surface area contributed by atoms with E-state index in [2.05, 4.69) is 52.4 Å². The van der Waals surface area contributed by atoms with Crippen molar-refractivity contribution in [1.82, 2.24) is 0 Å². The molecule has 0 aliphatic carbocycles. The van der Waals surface area contributed by atoms with Crippen LogP contribution in [-0.4, -0.2) is 0 Å². The van der Waals surface area contributed by atoms with Gasteiger partial charge in [0.15, 0.2) is 0 Å². The lowest BCUT2D eigenvalue weighted by molar-refractivity contribution is 1.11. The molecule has 0 aliphatic heterocycles. The van der Waals surface area contributed by atoms with E-state index < -0.39 is 0 Å². The molecule has 2 aromatic rings. The first-order valence-electron chi connectivity index (χ1n) is 6.07. The molecule has 1 nitrogen and oxygen atoms in total. The molecule has 4 heteroatoms. The van der Waals surface area contributed by atoms with Crippen molar-refractivity contribution in [2.24, 2.45) is 0 Å². The Morgan fingerprint density at radius 3 is 2.21 bits per heavy atom. The zero-order valence-corrected chi connectivity index (χ0v) is 13.6. The van der Waals surface area contributed by atoms with Gasteiger partial charge in [0, 0.05) is 11.0 Å². The first-order chi connectivity index (χ1) is 9.11. The van der Waals surface area contributed by atoms with Crippen LogP contribution in [0.2, 0.25) is 10.0 Å². The van der Waals surface area contributed by atoms with Gasteiger partial charge in [-0.3, -0.25) is 0 Å². The summed E-state index contributed by atoms with van der Waals surface area (Å²) >= 11 is 15.6. The Bertz CT molecular complexity index is 567. The van der Waals surface area contributed by atoms with Crippen LogP contribution < -0.4 is 5.32 Å². The molecule has 0 saturated heterocycles. The van der Waals surface area contributed by atoms with Crippen molar-refractivity contribution in [2.75, 3.05) is 5.32 Å². The Kier molecular flexibility index (Phi) is 5.14. The van der Waals surface area contributed by atoms with Crippen LogP contribution in [0.5, 0.6) is 0 Å². The standard InChI is InChI=1S/C15H14BrCl2N/c1-2-10-3-5-11(6-4-10)9-19-13-8-7-12(16)14(17)15(13)18/h3-8,19H,2,9H2,1H3. The minimum absolute atomic E-state index is 0.535. The van der Waals surface area contributed by atoms with Gasteiger partial charge < -0.3 is 5.32 Å². The van der Waals surface area contributed by atoms with E-state index in [4.69, 9.17) is 23.2 Å². The van der Waals surface area contributed by atoms with Crippen LogP contribution in [0.4, 0.5) is 5.69 Å². The first kappa shape index (κ1) is 14.7. The molecule has 0 heterocycles. The van der Waals surface area contributed by atoms with Crippen LogP contribution >= 0.6 is 39.1 Å². The van der Waals surface area contributed by atoms with E-state index in [0.717, 1.165) is 23.1 Å². The van der Waals surface area contributed by atoms with Crippen LogP contribution in [-0.2, 0) is 13.0 Å². The minimum Gasteiger partial charge on any atom is -0.380 e. The maximum absolute atomic E-state index is 6.19. The third-order valence-corrected chi connectivity index (χ3v) is 4.72. The predicted molar refractivity (Wildman–Crippen MR) is 87.3 cm³/mol. The van der Waals surface area contributed by atoms with Crippen molar-refractivity contribution in [3.05, 3.63) is 62.0 Å². The average Bonchev–Trinajstić information content (AvgIpc) is 2.45. The van der Waals surface area contributed by atoms with Crippen molar-refractivity contribution < 1.29 is 0 Å². The van der Waals surface area contributed by atoms with Crippen molar-refractivity contribution in [3.8, 4) is 0 Å². The summed E-state index contributed by atoms with van der Waals surface area (Å²) in [5.74, 6) is 0. The fourth-order valence-corrected chi connectivity index (χ4v) is 2.59. The van der Waals surface area contributed by atoms with E-state index in [0.29, 0.717) is 10.0 Å². The zero-order chi connectivity index (χ0) is 13.8. The van der Waals surface area contributed by atoms with Gasteiger partial charge in [0.2, 0.25) is 0 Å². The number of hydrogen-bond acceptors (Lipinski definition) is 1. The summed E-state index contributed by atoms with van der Waals surface area (Å²) in [5.41, 5.74) is 3.40. The molecule has 0 aromatic heterocycles. The Labute approximate surface area is 132 Å². The van der Waals surface area contributed by atoms with Crippen molar-refractivity contribution >= 4 is 44.8 Å². The molecule has 0 radical (unpaired) electrons. The van der Waals surface area contributed by atoms with Gasteiger partial charge in [-0.2, -0.15) is 0 Å². The van der Waals surface area contributed by atoms with E-state index in [1.54, 1.807) is 0 Å². The van der Waals surface area contributed by atoms with Crippen molar-refractivity contribution in [3.63, 3.8) is 0 Å². The number of nitrogens with one attached hydrogen (secondary N) is 1. The zero-order valence-electron chi connectivity index (χ0n) is 10.5. The summed E-state index contributed by atoms with van der Waals surface area (Å²) < 4.78 is 0.803. The number of hydrogen-bond donors (Lipinski definition) is 1. The summed E-state index contributed by atoms with van der Waals surface area (Å²) in [4.78, 5) is 0.